The molecule has 1 heterocycles. The molecule has 6 heteroatoms. The molecule has 0 spiro atoms. The van der Waals surface area contributed by atoms with Gasteiger partial charge in [0.15, 0.2) is 5.78 Å². The first kappa shape index (κ1) is 14.6. The van der Waals surface area contributed by atoms with Crippen LogP contribution in [0.2, 0.25) is 0 Å². The molecule has 0 amide bonds. The van der Waals surface area contributed by atoms with Gasteiger partial charge in [-0.25, -0.2) is 13.1 Å². The number of hydrogen-bond acceptors (Lipinski definition) is 4. The van der Waals surface area contributed by atoms with Gasteiger partial charge in [0.1, 0.15) is 5.60 Å². The molecule has 17 heavy (non-hydrogen) atoms. The summed E-state index contributed by atoms with van der Waals surface area (Å²) in [6, 6.07) is 0. The molecule has 0 saturated carbocycles. The Morgan fingerprint density at radius 2 is 2.06 bits per heavy atom. The summed E-state index contributed by atoms with van der Waals surface area (Å²) < 4.78 is 30.3. The molecule has 1 N–H and O–H groups in total. The van der Waals surface area contributed by atoms with Crippen molar-refractivity contribution in [3.8, 4) is 0 Å². The second kappa shape index (κ2) is 5.46. The van der Waals surface area contributed by atoms with Crippen LogP contribution in [0, 0.1) is 5.92 Å². The molecule has 1 saturated heterocycles. The quantitative estimate of drug-likeness (QED) is 0.792. The first-order valence-corrected chi connectivity index (χ1v) is 7.79. The third-order valence-electron chi connectivity index (χ3n) is 2.95. The van der Waals surface area contributed by atoms with Gasteiger partial charge in [0.05, 0.1) is 6.26 Å². The van der Waals surface area contributed by atoms with Gasteiger partial charge in [0.2, 0.25) is 10.0 Å². The maximum absolute atomic E-state index is 12.2. The molecule has 1 atom stereocenters. The lowest BCUT2D eigenvalue weighted by molar-refractivity contribution is -0.153. The van der Waals surface area contributed by atoms with Gasteiger partial charge in [0, 0.05) is 19.1 Å². The maximum Gasteiger partial charge on any atom is 0.208 e. The van der Waals surface area contributed by atoms with E-state index in [-0.39, 0.29) is 18.2 Å². The van der Waals surface area contributed by atoms with Crippen LogP contribution < -0.4 is 4.72 Å². The van der Waals surface area contributed by atoms with Crippen LogP contribution in [0.5, 0.6) is 0 Å². The van der Waals surface area contributed by atoms with Gasteiger partial charge >= 0.3 is 0 Å². The van der Waals surface area contributed by atoms with Crippen molar-refractivity contribution in [1.29, 1.82) is 0 Å². The monoisotopic (exact) mass is 263 g/mol. The molecule has 100 valence electrons. The van der Waals surface area contributed by atoms with Gasteiger partial charge in [-0.05, 0) is 19.3 Å². The third-order valence-corrected chi connectivity index (χ3v) is 3.62. The molecule has 1 fully saturated rings. The molecule has 0 radical (unpaired) electrons. The summed E-state index contributed by atoms with van der Waals surface area (Å²) in [5, 5.41) is 0. The van der Waals surface area contributed by atoms with Crippen LogP contribution >= 0.6 is 0 Å². The zero-order valence-electron chi connectivity index (χ0n) is 10.7. The van der Waals surface area contributed by atoms with Crippen LogP contribution in [0.3, 0.4) is 0 Å². The number of carbonyl (C=O) groups is 1. The molecule has 5 nitrogen and oxygen atoms in total. The number of hydrogen-bond donors (Lipinski definition) is 1. The Morgan fingerprint density at radius 1 is 1.41 bits per heavy atom. The minimum atomic E-state index is -3.30. The Kier molecular flexibility index (Phi) is 4.69. The number of rotatable bonds is 5. The van der Waals surface area contributed by atoms with Crippen molar-refractivity contribution < 1.29 is 17.9 Å². The van der Waals surface area contributed by atoms with Crippen molar-refractivity contribution in [1.82, 2.24) is 4.72 Å². The molecule has 1 unspecified atom stereocenters. The second-order valence-corrected chi connectivity index (χ2v) is 6.75. The van der Waals surface area contributed by atoms with E-state index in [1.807, 2.05) is 13.8 Å². The van der Waals surface area contributed by atoms with Crippen LogP contribution in [0.15, 0.2) is 0 Å². The second-order valence-electron chi connectivity index (χ2n) is 4.91. The largest absolute Gasteiger partial charge is 0.366 e. The Balaban J connectivity index is 2.82. The van der Waals surface area contributed by atoms with E-state index in [0.717, 1.165) is 19.1 Å². The summed E-state index contributed by atoms with van der Waals surface area (Å²) in [4.78, 5) is 12.2. The number of ketones is 1. The zero-order chi connectivity index (χ0) is 13.1. The van der Waals surface area contributed by atoms with Gasteiger partial charge in [-0.15, -0.1) is 0 Å². The molecule has 1 rings (SSSR count). The summed E-state index contributed by atoms with van der Waals surface area (Å²) in [5.41, 5.74) is -0.963. The van der Waals surface area contributed by atoms with E-state index in [4.69, 9.17) is 4.74 Å². The van der Waals surface area contributed by atoms with Crippen molar-refractivity contribution in [3.05, 3.63) is 0 Å². The highest BCUT2D eigenvalue weighted by Crippen LogP contribution is 2.28. The van der Waals surface area contributed by atoms with Crippen molar-refractivity contribution in [2.75, 3.05) is 19.4 Å². The van der Waals surface area contributed by atoms with Crippen LogP contribution in [0.4, 0.5) is 0 Å². The highest BCUT2D eigenvalue weighted by molar-refractivity contribution is 7.88. The Morgan fingerprint density at radius 3 is 2.47 bits per heavy atom. The van der Waals surface area contributed by atoms with E-state index >= 15 is 0 Å². The lowest BCUT2D eigenvalue weighted by Gasteiger charge is -2.37. The third kappa shape index (κ3) is 4.04. The fourth-order valence-corrected chi connectivity index (χ4v) is 2.54. The van der Waals surface area contributed by atoms with Crippen molar-refractivity contribution >= 4 is 15.8 Å². The van der Waals surface area contributed by atoms with Crippen molar-refractivity contribution in [2.24, 2.45) is 5.92 Å². The molecule has 1 aliphatic heterocycles. The van der Waals surface area contributed by atoms with Gasteiger partial charge in [-0.3, -0.25) is 4.79 Å². The van der Waals surface area contributed by atoms with E-state index in [1.165, 1.54) is 0 Å². The smallest absolute Gasteiger partial charge is 0.208 e. The van der Waals surface area contributed by atoms with Crippen molar-refractivity contribution in [2.45, 2.75) is 38.7 Å². The molecular formula is C11H21NO4S. The first-order valence-electron chi connectivity index (χ1n) is 5.90. The average molecular weight is 263 g/mol. The Bertz CT molecular complexity index is 369. The Hall–Kier alpha value is -0.460. The zero-order valence-corrected chi connectivity index (χ0v) is 11.5. The number of sulfonamides is 1. The molecule has 0 aromatic heterocycles. The summed E-state index contributed by atoms with van der Waals surface area (Å²) in [6.07, 6.45) is 3.49. The molecule has 0 aromatic carbocycles. The number of carbonyl (C=O) groups excluding carboxylic acids is 1. The lowest BCUT2D eigenvalue weighted by atomic mass is 9.84. The normalized spacial score (nSPS) is 26.1. The van der Waals surface area contributed by atoms with Gasteiger partial charge in [-0.1, -0.05) is 13.8 Å². The summed E-state index contributed by atoms with van der Waals surface area (Å²) in [7, 11) is -3.30. The van der Waals surface area contributed by atoms with Crippen LogP contribution in [0.1, 0.15) is 33.1 Å². The van der Waals surface area contributed by atoms with Gasteiger partial charge in [0.25, 0.3) is 0 Å². The first-order chi connectivity index (χ1) is 7.77. The molecular weight excluding hydrogens is 242 g/mol. The highest BCUT2D eigenvalue weighted by atomic mass is 32.2. The highest BCUT2D eigenvalue weighted by Gasteiger charge is 2.42. The number of ether oxygens (including phenoxy) is 1. The number of nitrogens with one attached hydrogen (secondary N) is 1. The van der Waals surface area contributed by atoms with Crippen LogP contribution in [-0.2, 0) is 19.6 Å². The van der Waals surface area contributed by atoms with Crippen LogP contribution in [0.25, 0.3) is 0 Å². The lowest BCUT2D eigenvalue weighted by Crippen LogP contribution is -2.54. The maximum atomic E-state index is 12.2. The molecule has 1 aliphatic rings. The van der Waals surface area contributed by atoms with Gasteiger partial charge < -0.3 is 4.74 Å². The van der Waals surface area contributed by atoms with E-state index in [1.54, 1.807) is 0 Å². The summed E-state index contributed by atoms with van der Waals surface area (Å²) >= 11 is 0. The van der Waals surface area contributed by atoms with E-state index in [0.29, 0.717) is 13.0 Å². The van der Waals surface area contributed by atoms with E-state index in [9.17, 15) is 13.2 Å². The molecule has 0 bridgehead atoms. The van der Waals surface area contributed by atoms with Crippen molar-refractivity contribution in [3.63, 3.8) is 0 Å². The standard InChI is InChI=1S/C11H21NO4S/c1-9(2)10(13)11(6-4-5-7-16-11)8-12-17(3,14)15/h9,12H,4-8H2,1-3H3. The van der Waals surface area contributed by atoms with E-state index < -0.39 is 15.6 Å². The minimum Gasteiger partial charge on any atom is -0.366 e. The topological polar surface area (TPSA) is 72.5 Å². The SMILES string of the molecule is CC(C)C(=O)C1(CNS(C)(=O)=O)CCCCO1. The molecule has 0 aliphatic carbocycles. The fraction of sp³-hybridized carbons (Fsp3) is 0.909. The van der Waals surface area contributed by atoms with Gasteiger partial charge in [-0.2, -0.15) is 0 Å². The molecule has 0 aromatic rings. The predicted molar refractivity (Wildman–Crippen MR) is 65.2 cm³/mol. The number of Topliss-reactive ketones (excluding diaryl/α,β-unsaturated/α-hetero) is 1. The average Bonchev–Trinajstić information content (AvgIpc) is 2.25. The predicted octanol–water partition coefficient (Wildman–Crippen LogP) is 0.700. The minimum absolute atomic E-state index is 0.0200. The summed E-state index contributed by atoms with van der Waals surface area (Å²) in [6.45, 7) is 4.18. The summed E-state index contributed by atoms with van der Waals surface area (Å²) in [5.74, 6) is -0.178. The Labute approximate surface area is 103 Å². The van der Waals surface area contributed by atoms with E-state index in [2.05, 4.69) is 4.72 Å². The fourth-order valence-electron chi connectivity index (χ4n) is 2.05. The van der Waals surface area contributed by atoms with Crippen LogP contribution in [-0.4, -0.2) is 39.2 Å².